The van der Waals surface area contributed by atoms with Crippen molar-refractivity contribution in [3.8, 4) is 0 Å². The number of aromatic nitrogens is 4. The summed E-state index contributed by atoms with van der Waals surface area (Å²) in [6.45, 7) is 3.76. The average Bonchev–Trinajstić information content (AvgIpc) is 3.55. The van der Waals surface area contributed by atoms with Gasteiger partial charge in [-0.2, -0.15) is 4.98 Å². The predicted octanol–water partition coefficient (Wildman–Crippen LogP) is 4.14. The number of fused-ring (bicyclic) bond motifs is 1. The average molecular weight is 572 g/mol. The fraction of sp³-hybridized carbons (Fsp3) is 0.500. The molecular weight excluding hydrogens is 537 g/mol. The van der Waals surface area contributed by atoms with Crippen LogP contribution in [0.5, 0.6) is 0 Å². The highest BCUT2D eigenvalue weighted by Crippen LogP contribution is 2.46. The van der Waals surface area contributed by atoms with Gasteiger partial charge in [-0.1, -0.05) is 18.9 Å². The van der Waals surface area contributed by atoms with E-state index < -0.39 is 27.4 Å². The van der Waals surface area contributed by atoms with E-state index in [0.717, 1.165) is 47.6 Å². The fourth-order valence-electron chi connectivity index (χ4n) is 5.92. The maximum Gasteiger partial charge on any atom is 0.338 e. The number of hydrogen-bond donors (Lipinski definition) is 1. The third-order valence-electron chi connectivity index (χ3n) is 8.14. The van der Waals surface area contributed by atoms with Crippen molar-refractivity contribution in [2.24, 2.45) is 5.92 Å². The minimum atomic E-state index is -3.60. The number of anilines is 1. The predicted molar refractivity (Wildman–Crippen MR) is 147 cm³/mol. The summed E-state index contributed by atoms with van der Waals surface area (Å²) in [4.78, 5) is 22.2. The fourth-order valence-corrected chi connectivity index (χ4v) is 6.43. The molecule has 0 saturated heterocycles. The van der Waals surface area contributed by atoms with Gasteiger partial charge in [0, 0.05) is 31.3 Å². The number of carbonyl (C=O) groups excluding carboxylic acids is 1. The number of rotatable bonds is 8. The minimum Gasteiger partial charge on any atom is -0.512 e. The summed E-state index contributed by atoms with van der Waals surface area (Å²) in [6.07, 6.45) is 5.77. The van der Waals surface area contributed by atoms with Gasteiger partial charge >= 0.3 is 5.97 Å². The molecule has 0 spiro atoms. The lowest BCUT2D eigenvalue weighted by Gasteiger charge is -2.41. The largest absolute Gasteiger partial charge is 0.512 e. The molecule has 1 aliphatic carbocycles. The Balaban J connectivity index is 1.38. The van der Waals surface area contributed by atoms with Crippen molar-refractivity contribution in [2.45, 2.75) is 70.8 Å². The van der Waals surface area contributed by atoms with Crippen LogP contribution in [0.25, 0.3) is 5.78 Å². The van der Waals surface area contributed by atoms with Crippen molar-refractivity contribution in [2.75, 3.05) is 17.6 Å². The SMILES string of the molecule is Cc1cc(C)n2nc(CC3=C(O)CC(CCc4ccc(N(C)S(C)(=O)=O)c(F)c4)(C4CCCC4)OC3=O)nc2n1. The van der Waals surface area contributed by atoms with Crippen LogP contribution in [0.1, 0.15) is 61.3 Å². The highest BCUT2D eigenvalue weighted by molar-refractivity contribution is 7.92. The molecule has 40 heavy (non-hydrogen) atoms. The molecule has 10 nitrogen and oxygen atoms in total. The van der Waals surface area contributed by atoms with Crippen LogP contribution >= 0.6 is 0 Å². The number of aliphatic hydroxyl groups is 1. The molecule has 5 rings (SSSR count). The van der Waals surface area contributed by atoms with Crippen molar-refractivity contribution in [3.05, 3.63) is 64.2 Å². The van der Waals surface area contributed by atoms with Crippen LogP contribution in [0.15, 0.2) is 35.6 Å². The lowest BCUT2D eigenvalue weighted by molar-refractivity contribution is -0.167. The molecule has 1 N–H and O–H groups in total. The van der Waals surface area contributed by atoms with E-state index in [-0.39, 0.29) is 35.8 Å². The number of cyclic esters (lactones) is 1. The molecule has 1 unspecified atom stereocenters. The lowest BCUT2D eigenvalue weighted by Crippen LogP contribution is -2.46. The van der Waals surface area contributed by atoms with E-state index in [4.69, 9.17) is 4.74 Å². The van der Waals surface area contributed by atoms with Crippen LogP contribution in [-0.4, -0.2) is 58.0 Å². The first-order valence-corrected chi connectivity index (χ1v) is 15.3. The normalized spacial score (nSPS) is 20.4. The first-order valence-electron chi connectivity index (χ1n) is 13.4. The van der Waals surface area contributed by atoms with Gasteiger partial charge in [0.25, 0.3) is 5.78 Å². The summed E-state index contributed by atoms with van der Waals surface area (Å²) >= 11 is 0. The zero-order valence-corrected chi connectivity index (χ0v) is 24.0. The van der Waals surface area contributed by atoms with Gasteiger partial charge in [-0.25, -0.2) is 27.1 Å². The molecule has 2 aliphatic rings. The quantitative estimate of drug-likeness (QED) is 0.400. The number of halogens is 1. The molecule has 2 aromatic heterocycles. The summed E-state index contributed by atoms with van der Waals surface area (Å²) in [5.74, 6) is -0.402. The van der Waals surface area contributed by atoms with Crippen LogP contribution in [-0.2, 0) is 32.4 Å². The molecule has 12 heteroatoms. The van der Waals surface area contributed by atoms with E-state index in [2.05, 4.69) is 15.1 Å². The second kappa shape index (κ2) is 10.5. The maximum atomic E-state index is 14.8. The summed E-state index contributed by atoms with van der Waals surface area (Å²) in [7, 11) is -2.30. The topological polar surface area (TPSA) is 127 Å². The number of carbonyl (C=O) groups is 1. The highest BCUT2D eigenvalue weighted by Gasteiger charge is 2.48. The van der Waals surface area contributed by atoms with Gasteiger partial charge in [0.2, 0.25) is 10.0 Å². The van der Waals surface area contributed by atoms with E-state index in [1.165, 1.54) is 19.2 Å². The third-order valence-corrected chi connectivity index (χ3v) is 9.33. The molecule has 0 bridgehead atoms. The zero-order chi connectivity index (χ0) is 28.8. The minimum absolute atomic E-state index is 0.0216. The first kappa shape index (κ1) is 28.0. The number of sulfonamides is 1. The second-order valence-electron chi connectivity index (χ2n) is 11.0. The standard InChI is InChI=1S/C28H34FN5O5S/c1-17-13-18(2)34-27(30-17)31-25(32-34)15-21-24(35)16-28(39-26(21)36,20-7-5-6-8-20)12-11-19-9-10-23(22(29)14-19)33(3)40(4,37)38/h9-10,13-14,20,35H,5-8,11-12,15-16H2,1-4H3. The molecule has 1 fully saturated rings. The molecule has 1 atom stereocenters. The van der Waals surface area contributed by atoms with Crippen molar-refractivity contribution in [1.29, 1.82) is 0 Å². The van der Waals surface area contributed by atoms with Crippen LogP contribution < -0.4 is 4.31 Å². The van der Waals surface area contributed by atoms with Crippen LogP contribution in [0.4, 0.5) is 10.1 Å². The number of nitrogens with zero attached hydrogens (tertiary/aromatic N) is 5. The van der Waals surface area contributed by atoms with Crippen molar-refractivity contribution < 1.29 is 27.4 Å². The number of aryl methyl sites for hydroxylation is 3. The number of ether oxygens (including phenoxy) is 1. The van der Waals surface area contributed by atoms with E-state index in [1.807, 2.05) is 19.9 Å². The van der Waals surface area contributed by atoms with E-state index in [1.54, 1.807) is 10.6 Å². The summed E-state index contributed by atoms with van der Waals surface area (Å²) < 4.78 is 47.2. The van der Waals surface area contributed by atoms with Gasteiger partial charge in [-0.15, -0.1) is 5.10 Å². The molecule has 0 amide bonds. The third kappa shape index (κ3) is 5.41. The van der Waals surface area contributed by atoms with Crippen molar-refractivity contribution >= 4 is 27.5 Å². The van der Waals surface area contributed by atoms with Gasteiger partial charge < -0.3 is 9.84 Å². The van der Waals surface area contributed by atoms with Gasteiger partial charge in [-0.05, 0) is 69.2 Å². The zero-order valence-electron chi connectivity index (χ0n) is 23.1. The highest BCUT2D eigenvalue weighted by atomic mass is 32.2. The lowest BCUT2D eigenvalue weighted by atomic mass is 9.76. The smallest absolute Gasteiger partial charge is 0.338 e. The molecule has 3 aromatic rings. The Morgan fingerprint density at radius 3 is 2.58 bits per heavy atom. The second-order valence-corrected chi connectivity index (χ2v) is 13.0. The monoisotopic (exact) mass is 571 g/mol. The molecule has 1 aliphatic heterocycles. The number of benzene rings is 1. The van der Waals surface area contributed by atoms with Gasteiger partial charge in [0.05, 0.1) is 17.5 Å². The molecule has 1 aromatic carbocycles. The van der Waals surface area contributed by atoms with E-state index in [9.17, 15) is 22.7 Å². The Kier molecular flexibility index (Phi) is 7.32. The Hall–Kier alpha value is -3.54. The summed E-state index contributed by atoms with van der Waals surface area (Å²) in [6, 6.07) is 6.33. The van der Waals surface area contributed by atoms with E-state index >= 15 is 0 Å². The molecule has 3 heterocycles. The summed E-state index contributed by atoms with van der Waals surface area (Å²) in [5.41, 5.74) is 1.50. The number of aliphatic hydroxyl groups excluding tert-OH is 1. The first-order chi connectivity index (χ1) is 18.9. The Morgan fingerprint density at radius 2 is 1.93 bits per heavy atom. The van der Waals surface area contributed by atoms with Gasteiger partial charge in [-0.3, -0.25) is 4.31 Å². The summed E-state index contributed by atoms with van der Waals surface area (Å²) in [5, 5.41) is 15.6. The van der Waals surface area contributed by atoms with Gasteiger partial charge in [0.15, 0.2) is 5.82 Å². The van der Waals surface area contributed by atoms with Crippen molar-refractivity contribution in [1.82, 2.24) is 19.6 Å². The molecule has 1 saturated carbocycles. The molecule has 214 valence electrons. The van der Waals surface area contributed by atoms with Crippen LogP contribution in [0.3, 0.4) is 0 Å². The Bertz CT molecular complexity index is 1610. The van der Waals surface area contributed by atoms with E-state index in [0.29, 0.717) is 30.0 Å². The van der Waals surface area contributed by atoms with Crippen LogP contribution in [0, 0.1) is 25.6 Å². The molecular formula is C28H34FN5O5S. The number of hydrogen-bond acceptors (Lipinski definition) is 8. The van der Waals surface area contributed by atoms with Crippen molar-refractivity contribution in [3.63, 3.8) is 0 Å². The van der Waals surface area contributed by atoms with Gasteiger partial charge in [0.1, 0.15) is 17.2 Å². The maximum absolute atomic E-state index is 14.8. The molecule has 0 radical (unpaired) electrons. The van der Waals surface area contributed by atoms with Crippen LogP contribution in [0.2, 0.25) is 0 Å². The number of esters is 1. The Labute approximate surface area is 232 Å². The Morgan fingerprint density at radius 1 is 1.20 bits per heavy atom.